The molecule has 0 N–H and O–H groups in total. The van der Waals surface area contributed by atoms with E-state index in [1.807, 2.05) is 29.9 Å². The molecule has 1 fully saturated rings. The summed E-state index contributed by atoms with van der Waals surface area (Å²) in [5.41, 5.74) is 2.10. The van der Waals surface area contributed by atoms with Gasteiger partial charge in [0.05, 0.1) is 29.5 Å². The van der Waals surface area contributed by atoms with Gasteiger partial charge < -0.3 is 9.30 Å². The Morgan fingerprint density at radius 2 is 1.93 bits per heavy atom. The molecule has 1 aliphatic heterocycles. The van der Waals surface area contributed by atoms with Crippen LogP contribution in [0.25, 0.3) is 26.6 Å². The van der Waals surface area contributed by atoms with Crippen molar-refractivity contribution in [1.82, 2.24) is 29.4 Å². The molecule has 0 bridgehead atoms. The zero-order chi connectivity index (χ0) is 20.5. The zero-order valence-electron chi connectivity index (χ0n) is 17.1. The number of hydrogen-bond donors (Lipinski definition) is 0. The third-order valence-corrected chi connectivity index (χ3v) is 7.45. The number of benzene rings is 1. The number of thiophene rings is 1. The van der Waals surface area contributed by atoms with Crippen LogP contribution in [0.1, 0.15) is 5.69 Å². The van der Waals surface area contributed by atoms with Crippen LogP contribution in [-0.4, -0.2) is 68.0 Å². The van der Waals surface area contributed by atoms with Crippen LogP contribution in [0.2, 0.25) is 0 Å². The molecule has 9 heteroatoms. The van der Waals surface area contributed by atoms with E-state index in [0.29, 0.717) is 0 Å². The number of para-hydroxylation sites is 1. The molecule has 156 valence electrons. The van der Waals surface area contributed by atoms with E-state index in [1.54, 1.807) is 23.1 Å². The predicted molar refractivity (Wildman–Crippen MR) is 122 cm³/mol. The maximum absolute atomic E-state index is 5.42. The van der Waals surface area contributed by atoms with Crippen LogP contribution < -0.4 is 0 Å². The molecule has 30 heavy (non-hydrogen) atoms. The summed E-state index contributed by atoms with van der Waals surface area (Å²) in [7, 11) is 2.05. The monoisotopic (exact) mass is 440 g/mol. The summed E-state index contributed by atoms with van der Waals surface area (Å²) in [6.45, 7) is 6.82. The van der Waals surface area contributed by atoms with Crippen LogP contribution in [0, 0.1) is 6.92 Å². The summed E-state index contributed by atoms with van der Waals surface area (Å²) in [6.07, 6.45) is 0. The van der Waals surface area contributed by atoms with E-state index < -0.39 is 0 Å². The standard InChI is InChI=1S/C21H24N6OS2/c1-15-17-14-18(30-20(17)27(24-15)16-6-4-3-5-7-16)19-22-23-21(25(19)2)29-13-10-26-8-11-28-12-9-26/h3-7,14H,8-13H2,1-2H3. The SMILES string of the molecule is Cc1nn(-c2ccccc2)c2sc(-c3nnc(SCCN4CCOCC4)n3C)cc12. The second-order valence-electron chi connectivity index (χ2n) is 7.33. The maximum Gasteiger partial charge on any atom is 0.191 e. The highest BCUT2D eigenvalue weighted by atomic mass is 32.2. The minimum absolute atomic E-state index is 0.838. The second-order valence-corrected chi connectivity index (χ2v) is 9.42. The summed E-state index contributed by atoms with van der Waals surface area (Å²) in [6, 6.07) is 12.4. The van der Waals surface area contributed by atoms with Crippen molar-refractivity contribution in [2.75, 3.05) is 38.6 Å². The van der Waals surface area contributed by atoms with Gasteiger partial charge in [-0.2, -0.15) is 5.10 Å². The Hall–Kier alpha value is -2.20. The van der Waals surface area contributed by atoms with Crippen molar-refractivity contribution in [2.45, 2.75) is 12.1 Å². The highest BCUT2D eigenvalue weighted by Gasteiger charge is 2.19. The topological polar surface area (TPSA) is 61.0 Å². The van der Waals surface area contributed by atoms with Crippen LogP contribution >= 0.6 is 23.1 Å². The minimum atomic E-state index is 0.838. The molecule has 7 nitrogen and oxygen atoms in total. The van der Waals surface area contributed by atoms with E-state index in [4.69, 9.17) is 9.84 Å². The normalized spacial score (nSPS) is 15.3. The quantitative estimate of drug-likeness (QED) is 0.427. The number of ether oxygens (including phenoxy) is 1. The van der Waals surface area contributed by atoms with Gasteiger partial charge in [0, 0.05) is 37.8 Å². The first-order chi connectivity index (χ1) is 14.7. The van der Waals surface area contributed by atoms with Gasteiger partial charge in [-0.05, 0) is 25.1 Å². The van der Waals surface area contributed by atoms with E-state index >= 15 is 0 Å². The summed E-state index contributed by atoms with van der Waals surface area (Å²) in [5, 5.41) is 15.8. The van der Waals surface area contributed by atoms with Gasteiger partial charge in [0.25, 0.3) is 0 Å². The Morgan fingerprint density at radius 3 is 2.73 bits per heavy atom. The third kappa shape index (κ3) is 3.78. The van der Waals surface area contributed by atoms with E-state index in [0.717, 1.165) is 70.7 Å². The molecule has 0 saturated carbocycles. The lowest BCUT2D eigenvalue weighted by molar-refractivity contribution is 0.0410. The number of nitrogens with zero attached hydrogens (tertiary/aromatic N) is 6. The van der Waals surface area contributed by atoms with Crippen molar-refractivity contribution in [1.29, 1.82) is 0 Å². The Morgan fingerprint density at radius 1 is 1.13 bits per heavy atom. The van der Waals surface area contributed by atoms with E-state index in [1.165, 1.54) is 5.39 Å². The number of fused-ring (bicyclic) bond motifs is 1. The van der Waals surface area contributed by atoms with Gasteiger partial charge in [-0.3, -0.25) is 4.90 Å². The van der Waals surface area contributed by atoms with Gasteiger partial charge in [0.1, 0.15) is 4.83 Å². The molecule has 0 unspecified atom stereocenters. The molecule has 0 aliphatic carbocycles. The van der Waals surface area contributed by atoms with Gasteiger partial charge in [-0.15, -0.1) is 21.5 Å². The summed E-state index contributed by atoms with van der Waals surface area (Å²) in [4.78, 5) is 4.70. The Labute approximate surface area is 183 Å². The maximum atomic E-state index is 5.42. The van der Waals surface area contributed by atoms with Crippen molar-refractivity contribution in [2.24, 2.45) is 7.05 Å². The average molecular weight is 441 g/mol. The molecule has 0 radical (unpaired) electrons. The fraction of sp³-hybridized carbons (Fsp3) is 0.381. The summed E-state index contributed by atoms with van der Waals surface area (Å²) in [5.74, 6) is 1.91. The van der Waals surface area contributed by atoms with E-state index in [2.05, 4.69) is 44.8 Å². The fourth-order valence-electron chi connectivity index (χ4n) is 3.65. The van der Waals surface area contributed by atoms with E-state index in [-0.39, 0.29) is 0 Å². The second kappa shape index (κ2) is 8.50. The van der Waals surface area contributed by atoms with Crippen molar-refractivity contribution < 1.29 is 4.74 Å². The molecule has 1 aromatic carbocycles. The van der Waals surface area contributed by atoms with Crippen LogP contribution in [0.5, 0.6) is 0 Å². The lowest BCUT2D eigenvalue weighted by Gasteiger charge is -2.26. The predicted octanol–water partition coefficient (Wildman–Crippen LogP) is 3.62. The molecule has 3 aromatic heterocycles. The third-order valence-electron chi connectivity index (χ3n) is 5.34. The Balaban J connectivity index is 1.37. The molecule has 5 rings (SSSR count). The number of thioether (sulfide) groups is 1. The van der Waals surface area contributed by atoms with Gasteiger partial charge in [0.15, 0.2) is 11.0 Å². The first-order valence-electron chi connectivity index (χ1n) is 10.1. The largest absolute Gasteiger partial charge is 0.379 e. The number of aromatic nitrogens is 5. The number of hydrogen-bond acceptors (Lipinski definition) is 7. The van der Waals surface area contributed by atoms with E-state index in [9.17, 15) is 0 Å². The van der Waals surface area contributed by atoms with Crippen molar-refractivity contribution in [3.8, 4) is 16.4 Å². The van der Waals surface area contributed by atoms with Crippen LogP contribution in [-0.2, 0) is 11.8 Å². The van der Waals surface area contributed by atoms with Gasteiger partial charge in [0.2, 0.25) is 0 Å². The Kier molecular flexibility index (Phi) is 5.60. The molecule has 1 saturated heterocycles. The highest BCUT2D eigenvalue weighted by Crippen LogP contribution is 2.36. The van der Waals surface area contributed by atoms with Crippen LogP contribution in [0.15, 0.2) is 41.6 Å². The fourth-order valence-corrected chi connectivity index (χ4v) is 5.76. The molecule has 0 atom stereocenters. The van der Waals surface area contributed by atoms with Crippen molar-refractivity contribution >= 4 is 33.3 Å². The molecular weight excluding hydrogens is 416 g/mol. The minimum Gasteiger partial charge on any atom is -0.379 e. The molecule has 4 heterocycles. The molecule has 0 spiro atoms. The van der Waals surface area contributed by atoms with Crippen molar-refractivity contribution in [3.63, 3.8) is 0 Å². The van der Waals surface area contributed by atoms with Gasteiger partial charge in [-0.1, -0.05) is 30.0 Å². The molecule has 0 amide bonds. The summed E-state index contributed by atoms with van der Waals surface area (Å²) >= 11 is 3.47. The van der Waals surface area contributed by atoms with Crippen molar-refractivity contribution in [3.05, 3.63) is 42.1 Å². The lowest BCUT2D eigenvalue weighted by Crippen LogP contribution is -2.37. The molecule has 1 aliphatic rings. The molecule has 4 aromatic rings. The zero-order valence-corrected chi connectivity index (χ0v) is 18.7. The first kappa shape index (κ1) is 19.7. The van der Waals surface area contributed by atoms with Gasteiger partial charge in [-0.25, -0.2) is 4.68 Å². The Bertz CT molecular complexity index is 1140. The average Bonchev–Trinajstić information content (AvgIpc) is 3.45. The molecular formula is C21H24N6OS2. The first-order valence-corrected chi connectivity index (χ1v) is 11.9. The number of rotatable bonds is 6. The highest BCUT2D eigenvalue weighted by molar-refractivity contribution is 7.99. The van der Waals surface area contributed by atoms with Gasteiger partial charge >= 0.3 is 0 Å². The lowest BCUT2D eigenvalue weighted by atomic mass is 10.3. The smallest absolute Gasteiger partial charge is 0.191 e. The summed E-state index contributed by atoms with van der Waals surface area (Å²) < 4.78 is 9.54. The number of aryl methyl sites for hydroxylation is 1. The number of morpholine rings is 1. The van der Waals surface area contributed by atoms with Crippen LogP contribution in [0.3, 0.4) is 0 Å². The van der Waals surface area contributed by atoms with Crippen LogP contribution in [0.4, 0.5) is 0 Å².